The summed E-state index contributed by atoms with van der Waals surface area (Å²) in [6.07, 6.45) is 14.4. The van der Waals surface area contributed by atoms with E-state index in [0.29, 0.717) is 42.7 Å². The van der Waals surface area contributed by atoms with Crippen molar-refractivity contribution in [1.82, 2.24) is 4.90 Å². The van der Waals surface area contributed by atoms with E-state index < -0.39 is 27.9 Å². The summed E-state index contributed by atoms with van der Waals surface area (Å²) in [6.45, 7) is 11.9. The summed E-state index contributed by atoms with van der Waals surface area (Å²) < 4.78 is 6.53. The highest BCUT2D eigenvalue weighted by atomic mass is 16.6. The molecule has 10 rings (SSSR count). The summed E-state index contributed by atoms with van der Waals surface area (Å²) in [6, 6.07) is 28.4. The molecule has 6 nitrogen and oxygen atoms in total. The maximum absolute atomic E-state index is 15.3. The van der Waals surface area contributed by atoms with E-state index in [-0.39, 0.29) is 41.8 Å². The zero-order chi connectivity index (χ0) is 41.4. The van der Waals surface area contributed by atoms with Gasteiger partial charge in [-0.05, 0) is 109 Å². The molecular formula is C53H65NO5. The molecule has 1 amide bonds. The molecule has 0 saturated heterocycles. The molecule has 0 aliphatic heterocycles. The molecule has 3 aromatic carbocycles. The van der Waals surface area contributed by atoms with Crippen LogP contribution in [0, 0.1) is 51.2 Å². The van der Waals surface area contributed by atoms with Crippen molar-refractivity contribution in [2.75, 3.05) is 6.54 Å². The Morgan fingerprint density at radius 3 is 2.15 bits per heavy atom. The van der Waals surface area contributed by atoms with Crippen molar-refractivity contribution >= 4 is 11.9 Å². The Balaban J connectivity index is 1.08. The van der Waals surface area contributed by atoms with Gasteiger partial charge in [0.1, 0.15) is 6.10 Å². The van der Waals surface area contributed by atoms with Crippen LogP contribution >= 0.6 is 0 Å². The third kappa shape index (κ3) is 6.40. The second kappa shape index (κ2) is 14.9. The van der Waals surface area contributed by atoms with E-state index in [4.69, 9.17) is 4.74 Å². The molecule has 7 aliphatic rings. The summed E-state index contributed by atoms with van der Waals surface area (Å²) in [7, 11) is 0. The molecule has 59 heavy (non-hydrogen) atoms. The van der Waals surface area contributed by atoms with Crippen LogP contribution in [0.3, 0.4) is 0 Å². The van der Waals surface area contributed by atoms with E-state index in [1.165, 1.54) is 0 Å². The van der Waals surface area contributed by atoms with Crippen molar-refractivity contribution < 1.29 is 24.5 Å². The van der Waals surface area contributed by atoms with Crippen molar-refractivity contribution in [2.24, 2.45) is 51.2 Å². The Hall–Kier alpha value is -4.00. The van der Waals surface area contributed by atoms with Crippen LogP contribution in [0.1, 0.15) is 115 Å². The molecule has 11 atom stereocenters. The molecule has 312 valence electrons. The number of allylic oxidation sites excluding steroid dienone is 4. The van der Waals surface area contributed by atoms with Crippen molar-refractivity contribution in [1.29, 1.82) is 0 Å². The summed E-state index contributed by atoms with van der Waals surface area (Å²) >= 11 is 0. The van der Waals surface area contributed by atoms with Gasteiger partial charge in [0.25, 0.3) is 0 Å². The maximum atomic E-state index is 15.3. The monoisotopic (exact) mass is 795 g/mol. The number of nitrogens with zero attached hydrogens (tertiary/aromatic N) is 1. The lowest BCUT2D eigenvalue weighted by Crippen LogP contribution is -2.67. The summed E-state index contributed by atoms with van der Waals surface area (Å²) in [5.41, 5.74) is 1.81. The summed E-state index contributed by atoms with van der Waals surface area (Å²) in [5.74, 6) is 1.45. The van der Waals surface area contributed by atoms with Crippen LogP contribution in [-0.4, -0.2) is 51.3 Å². The SMILES string of the molecule is CC(C)[C@H]1CC[C@H](C)C[C@@H]1OC(=O)N(Cc1ccccc1)C[C@]1(O)CC[C@H]2[C@]34C=C[C@@]5(C=C3C(=O)c3ccc(-c6ccccc6)cc3)CC(O)CC[C@]5(C)[C@H]4CC[C@@]21C. The van der Waals surface area contributed by atoms with Gasteiger partial charge in [-0.3, -0.25) is 4.79 Å². The lowest BCUT2D eigenvalue weighted by Gasteiger charge is -2.71. The molecule has 2 N–H and O–H groups in total. The minimum atomic E-state index is -1.20. The van der Waals surface area contributed by atoms with Gasteiger partial charge in [0.2, 0.25) is 0 Å². The zero-order valence-corrected chi connectivity index (χ0v) is 35.9. The molecule has 2 bridgehead atoms. The largest absolute Gasteiger partial charge is 0.446 e. The minimum Gasteiger partial charge on any atom is -0.446 e. The fourth-order valence-electron chi connectivity index (χ4n) is 14.0. The molecule has 4 fully saturated rings. The third-order valence-electron chi connectivity index (χ3n) is 17.4. The second-order valence-electron chi connectivity index (χ2n) is 20.7. The Morgan fingerprint density at radius 2 is 1.44 bits per heavy atom. The number of ketones is 1. The number of fused-ring (bicyclic) bond motifs is 1. The highest BCUT2D eigenvalue weighted by Crippen LogP contribution is 2.78. The quantitative estimate of drug-likeness (QED) is 0.166. The minimum absolute atomic E-state index is 0.0186. The maximum Gasteiger partial charge on any atom is 0.410 e. The van der Waals surface area contributed by atoms with Crippen molar-refractivity contribution in [3.8, 4) is 11.1 Å². The number of amides is 1. The fraction of sp³-hybridized carbons (Fsp3) is 0.547. The predicted octanol–water partition coefficient (Wildman–Crippen LogP) is 11.2. The van der Waals surface area contributed by atoms with Crippen LogP contribution in [-0.2, 0) is 11.3 Å². The van der Waals surface area contributed by atoms with E-state index in [9.17, 15) is 15.0 Å². The Bertz CT molecular complexity index is 2110. The van der Waals surface area contributed by atoms with Gasteiger partial charge in [-0.15, -0.1) is 0 Å². The topological polar surface area (TPSA) is 87.1 Å². The fourth-order valence-corrected chi connectivity index (χ4v) is 14.0. The first-order chi connectivity index (χ1) is 28.2. The van der Waals surface area contributed by atoms with Crippen LogP contribution in [0.25, 0.3) is 11.1 Å². The second-order valence-corrected chi connectivity index (χ2v) is 20.7. The Kier molecular flexibility index (Phi) is 10.2. The highest BCUT2D eigenvalue weighted by molar-refractivity contribution is 6.10. The average Bonchev–Trinajstić information content (AvgIpc) is 3.50. The van der Waals surface area contributed by atoms with Gasteiger partial charge in [0.15, 0.2) is 5.78 Å². The molecule has 7 aliphatic carbocycles. The van der Waals surface area contributed by atoms with Crippen LogP contribution in [0.15, 0.2) is 109 Å². The molecule has 4 saturated carbocycles. The first-order valence-electron chi connectivity index (χ1n) is 22.8. The molecule has 6 heteroatoms. The number of carbonyl (C=O) groups is 2. The number of rotatable bonds is 9. The van der Waals surface area contributed by atoms with E-state index in [0.717, 1.165) is 73.6 Å². The van der Waals surface area contributed by atoms with E-state index in [1.54, 1.807) is 4.90 Å². The number of aliphatic hydroxyl groups is 2. The van der Waals surface area contributed by atoms with Crippen molar-refractivity contribution in [3.05, 3.63) is 120 Å². The van der Waals surface area contributed by atoms with Gasteiger partial charge in [-0.2, -0.15) is 0 Å². The molecule has 1 unspecified atom stereocenters. The van der Waals surface area contributed by atoms with Crippen LogP contribution in [0.2, 0.25) is 0 Å². The molecular weight excluding hydrogens is 731 g/mol. The van der Waals surface area contributed by atoms with Gasteiger partial charge < -0.3 is 19.8 Å². The number of Topliss-reactive ketones (excluding diaryl/α,β-unsaturated/α-hetero) is 1. The number of aliphatic hydroxyl groups excluding tert-OH is 1. The first kappa shape index (κ1) is 40.4. The molecule has 0 radical (unpaired) electrons. The van der Waals surface area contributed by atoms with E-state index >= 15 is 4.79 Å². The van der Waals surface area contributed by atoms with E-state index in [1.807, 2.05) is 60.7 Å². The number of hydrogen-bond acceptors (Lipinski definition) is 5. The van der Waals surface area contributed by atoms with Crippen molar-refractivity contribution in [3.63, 3.8) is 0 Å². The van der Waals surface area contributed by atoms with Gasteiger partial charge in [-0.1, -0.05) is 144 Å². The van der Waals surface area contributed by atoms with Crippen LogP contribution in [0.5, 0.6) is 0 Å². The third-order valence-corrected chi connectivity index (χ3v) is 17.4. The smallest absolute Gasteiger partial charge is 0.410 e. The molecule has 3 aromatic rings. The number of benzene rings is 3. The molecule has 0 heterocycles. The van der Waals surface area contributed by atoms with Gasteiger partial charge in [-0.25, -0.2) is 4.79 Å². The van der Waals surface area contributed by atoms with Crippen molar-refractivity contribution in [2.45, 2.75) is 123 Å². The normalized spacial score (nSPS) is 38.2. The highest BCUT2D eigenvalue weighted by Gasteiger charge is 2.74. The number of hydrogen-bond donors (Lipinski definition) is 2. The van der Waals surface area contributed by atoms with Gasteiger partial charge in [0, 0.05) is 33.9 Å². The zero-order valence-electron chi connectivity index (χ0n) is 35.9. The van der Waals surface area contributed by atoms with Crippen LogP contribution in [0.4, 0.5) is 4.79 Å². The first-order valence-corrected chi connectivity index (χ1v) is 22.8. The number of carbonyl (C=O) groups excluding carboxylic acids is 2. The number of ether oxygens (including phenoxy) is 1. The lowest BCUT2D eigenvalue weighted by atomic mass is 9.32. The van der Waals surface area contributed by atoms with Gasteiger partial charge >= 0.3 is 6.09 Å². The Labute approximate surface area is 352 Å². The van der Waals surface area contributed by atoms with Crippen LogP contribution < -0.4 is 0 Å². The van der Waals surface area contributed by atoms with Gasteiger partial charge in [0.05, 0.1) is 18.2 Å². The van der Waals surface area contributed by atoms with E-state index in [2.05, 4.69) is 77.1 Å². The Morgan fingerprint density at radius 1 is 0.797 bits per heavy atom. The average molecular weight is 796 g/mol. The standard InChI is InChI=1S/C53H65NO5/c1-35(2)42-21-16-36(3)30-44(42)59-48(57)54(33-37-12-8-6-9-13-37)34-52(58)27-24-46-50(52,5)26-23-45-49(4)25-22-41(55)31-51(49)28-29-53(45,46)43(32-51)47(56)40-19-17-39(18-20-40)38-14-10-7-11-15-38/h6-15,17-20,28-29,32,35-36,41-42,44-46,55,58H,16,21-27,30-31,33-34H2,1-5H3/t36-,41?,42+,44-,45+,46+,49+,50-,51-,52+,53+/m0/s1. The molecule has 0 aromatic heterocycles. The summed E-state index contributed by atoms with van der Waals surface area (Å²) in [5, 5.41) is 24.5. The predicted molar refractivity (Wildman–Crippen MR) is 233 cm³/mol. The lowest BCUT2D eigenvalue weighted by molar-refractivity contribution is -0.175. The summed E-state index contributed by atoms with van der Waals surface area (Å²) in [4.78, 5) is 31.6. The molecule has 2 spiro atoms.